The molecule has 0 bridgehead atoms. The Hall–Kier alpha value is -2.07. The average Bonchev–Trinajstić information content (AvgIpc) is 3.23. The summed E-state index contributed by atoms with van der Waals surface area (Å²) in [4.78, 5) is 6.13. The molecule has 3 aromatic rings. The van der Waals surface area contributed by atoms with Gasteiger partial charge in [0.25, 0.3) is 0 Å². The predicted octanol–water partition coefficient (Wildman–Crippen LogP) is 4.72. The van der Waals surface area contributed by atoms with Gasteiger partial charge in [0.05, 0.1) is 0 Å². The second-order valence-electron chi connectivity index (χ2n) is 8.00. The van der Waals surface area contributed by atoms with Crippen LogP contribution in [0, 0.1) is 6.92 Å². The van der Waals surface area contributed by atoms with Gasteiger partial charge in [0.1, 0.15) is 11.5 Å². The van der Waals surface area contributed by atoms with Gasteiger partial charge in [0.15, 0.2) is 0 Å². The van der Waals surface area contributed by atoms with Gasteiger partial charge in [-0.2, -0.15) is 0 Å². The number of hydrogen-bond donors (Lipinski definition) is 1. The molecule has 0 unspecified atom stereocenters. The summed E-state index contributed by atoms with van der Waals surface area (Å²) >= 11 is 0. The lowest BCUT2D eigenvalue weighted by Gasteiger charge is -2.32. The zero-order chi connectivity index (χ0) is 17.5. The van der Waals surface area contributed by atoms with Crippen molar-refractivity contribution in [1.82, 2.24) is 15.0 Å². The van der Waals surface area contributed by atoms with Crippen molar-refractivity contribution in [3.8, 4) is 0 Å². The highest BCUT2D eigenvalue weighted by molar-refractivity contribution is 5.85. The standard InChI is InChI=1S/C22H27N3O/c1-15-22(18-7-2-4-8-19(18)23-15)16-10-12-25(13-11-16)14-20-17-6-3-5-9-21(17)26-24-20/h2,4,7-8,16,23H,3,5-6,9-14H2,1H3. The second kappa shape index (κ2) is 6.58. The summed E-state index contributed by atoms with van der Waals surface area (Å²) in [6.07, 6.45) is 7.20. The van der Waals surface area contributed by atoms with Crippen LogP contribution in [0.25, 0.3) is 10.9 Å². The maximum absolute atomic E-state index is 5.59. The number of benzene rings is 1. The van der Waals surface area contributed by atoms with E-state index in [1.165, 1.54) is 53.5 Å². The topological polar surface area (TPSA) is 45.1 Å². The average molecular weight is 349 g/mol. The second-order valence-corrected chi connectivity index (χ2v) is 8.00. The van der Waals surface area contributed by atoms with E-state index in [4.69, 9.17) is 4.52 Å². The Labute approximate surface area is 154 Å². The molecule has 1 fully saturated rings. The van der Waals surface area contributed by atoms with Crippen LogP contribution in [-0.2, 0) is 19.4 Å². The van der Waals surface area contributed by atoms with Crippen molar-refractivity contribution in [3.63, 3.8) is 0 Å². The van der Waals surface area contributed by atoms with Crippen molar-refractivity contribution in [3.05, 3.63) is 52.5 Å². The third-order valence-electron chi connectivity index (χ3n) is 6.34. The SMILES string of the molecule is Cc1[nH]c2ccccc2c1C1CCN(Cc2noc3c2CCCC3)CC1. The number of para-hydroxylation sites is 1. The monoisotopic (exact) mass is 349 g/mol. The lowest BCUT2D eigenvalue weighted by Crippen LogP contribution is -2.33. The minimum Gasteiger partial charge on any atom is -0.361 e. The van der Waals surface area contributed by atoms with Gasteiger partial charge in [-0.1, -0.05) is 23.4 Å². The molecule has 1 aromatic carbocycles. The molecule has 1 aliphatic heterocycles. The minimum atomic E-state index is 0.661. The number of aryl methyl sites for hydroxylation is 2. The number of H-pyrrole nitrogens is 1. The summed E-state index contributed by atoms with van der Waals surface area (Å²) in [5.41, 5.74) is 6.76. The van der Waals surface area contributed by atoms with Crippen molar-refractivity contribution in [2.75, 3.05) is 13.1 Å². The highest BCUT2D eigenvalue weighted by Gasteiger charge is 2.26. The lowest BCUT2D eigenvalue weighted by atomic mass is 9.87. The third kappa shape index (κ3) is 2.77. The van der Waals surface area contributed by atoms with E-state index in [2.05, 4.69) is 46.2 Å². The summed E-state index contributed by atoms with van der Waals surface area (Å²) in [5, 5.41) is 5.81. The highest BCUT2D eigenvalue weighted by Crippen LogP contribution is 2.36. The zero-order valence-corrected chi connectivity index (χ0v) is 15.6. The number of nitrogens with one attached hydrogen (secondary N) is 1. The van der Waals surface area contributed by atoms with Crippen molar-refractivity contribution >= 4 is 10.9 Å². The number of rotatable bonds is 3. The molecule has 1 N–H and O–H groups in total. The molecule has 0 saturated carbocycles. The smallest absolute Gasteiger partial charge is 0.140 e. The maximum Gasteiger partial charge on any atom is 0.140 e. The molecule has 0 atom stereocenters. The van der Waals surface area contributed by atoms with Crippen LogP contribution >= 0.6 is 0 Å². The fourth-order valence-electron chi connectivity index (χ4n) is 4.99. The van der Waals surface area contributed by atoms with Gasteiger partial charge >= 0.3 is 0 Å². The van der Waals surface area contributed by atoms with E-state index < -0.39 is 0 Å². The van der Waals surface area contributed by atoms with Crippen molar-refractivity contribution in [1.29, 1.82) is 0 Å². The molecule has 1 saturated heterocycles. The molecule has 2 aromatic heterocycles. The first-order chi connectivity index (χ1) is 12.8. The Balaban J connectivity index is 1.29. The fraction of sp³-hybridized carbons (Fsp3) is 0.500. The Kier molecular flexibility index (Phi) is 4.08. The first-order valence-corrected chi connectivity index (χ1v) is 10.1. The molecule has 4 nitrogen and oxygen atoms in total. The van der Waals surface area contributed by atoms with Gasteiger partial charge in [-0.25, -0.2) is 0 Å². The number of hydrogen-bond acceptors (Lipinski definition) is 3. The van der Waals surface area contributed by atoms with Gasteiger partial charge < -0.3 is 9.51 Å². The third-order valence-corrected chi connectivity index (χ3v) is 6.34. The Morgan fingerprint density at radius 3 is 2.85 bits per heavy atom. The molecule has 2 aliphatic rings. The van der Waals surface area contributed by atoms with E-state index in [9.17, 15) is 0 Å². The van der Waals surface area contributed by atoms with Crippen LogP contribution in [0.4, 0.5) is 0 Å². The molecular weight excluding hydrogens is 322 g/mol. The Bertz CT molecular complexity index is 915. The normalized spacial score (nSPS) is 19.1. The van der Waals surface area contributed by atoms with Gasteiger partial charge in [-0.05, 0) is 69.7 Å². The van der Waals surface area contributed by atoms with Gasteiger partial charge in [0, 0.05) is 35.1 Å². The van der Waals surface area contributed by atoms with Crippen molar-refractivity contribution in [2.24, 2.45) is 0 Å². The van der Waals surface area contributed by atoms with E-state index in [1.54, 1.807) is 5.56 Å². The van der Waals surface area contributed by atoms with Crippen molar-refractivity contribution in [2.45, 2.75) is 57.9 Å². The highest BCUT2D eigenvalue weighted by atomic mass is 16.5. The van der Waals surface area contributed by atoms with Gasteiger partial charge in [-0.3, -0.25) is 4.90 Å². The quantitative estimate of drug-likeness (QED) is 0.744. The van der Waals surface area contributed by atoms with E-state index in [1.807, 2.05) is 0 Å². The van der Waals surface area contributed by atoms with Crippen LogP contribution in [0.15, 0.2) is 28.8 Å². The molecule has 4 heteroatoms. The molecular formula is C22H27N3O. The Morgan fingerprint density at radius 1 is 1.15 bits per heavy atom. The largest absolute Gasteiger partial charge is 0.361 e. The minimum absolute atomic E-state index is 0.661. The van der Waals surface area contributed by atoms with Crippen LogP contribution < -0.4 is 0 Å². The molecule has 0 amide bonds. The lowest BCUT2D eigenvalue weighted by molar-refractivity contribution is 0.199. The van der Waals surface area contributed by atoms with Crippen LogP contribution in [0.3, 0.4) is 0 Å². The zero-order valence-electron chi connectivity index (χ0n) is 15.6. The number of aromatic nitrogens is 2. The maximum atomic E-state index is 5.59. The molecule has 1 aliphatic carbocycles. The molecule has 136 valence electrons. The summed E-state index contributed by atoms with van der Waals surface area (Å²) in [6, 6.07) is 8.72. The van der Waals surface area contributed by atoms with Gasteiger partial charge in [0.2, 0.25) is 0 Å². The summed E-state index contributed by atoms with van der Waals surface area (Å²) in [5.74, 6) is 1.81. The number of fused-ring (bicyclic) bond motifs is 2. The molecule has 0 radical (unpaired) electrons. The van der Waals surface area contributed by atoms with E-state index in [-0.39, 0.29) is 0 Å². The van der Waals surface area contributed by atoms with Gasteiger partial charge in [-0.15, -0.1) is 0 Å². The summed E-state index contributed by atoms with van der Waals surface area (Å²) < 4.78 is 5.59. The number of piperidine rings is 1. The summed E-state index contributed by atoms with van der Waals surface area (Å²) in [6.45, 7) is 5.47. The van der Waals surface area contributed by atoms with Crippen LogP contribution in [0.5, 0.6) is 0 Å². The molecule has 3 heterocycles. The number of nitrogens with zero attached hydrogens (tertiary/aromatic N) is 2. The van der Waals surface area contributed by atoms with Crippen LogP contribution in [0.1, 0.15) is 59.9 Å². The molecule has 26 heavy (non-hydrogen) atoms. The number of aromatic amines is 1. The number of likely N-dealkylation sites (tertiary alicyclic amines) is 1. The summed E-state index contributed by atoms with van der Waals surface area (Å²) in [7, 11) is 0. The first kappa shape index (κ1) is 16.1. The van der Waals surface area contributed by atoms with E-state index >= 15 is 0 Å². The Morgan fingerprint density at radius 2 is 1.96 bits per heavy atom. The predicted molar refractivity (Wildman–Crippen MR) is 103 cm³/mol. The molecule has 0 spiro atoms. The first-order valence-electron chi connectivity index (χ1n) is 10.1. The van der Waals surface area contributed by atoms with E-state index in [0.717, 1.165) is 38.2 Å². The molecule has 5 rings (SSSR count). The van der Waals surface area contributed by atoms with Crippen molar-refractivity contribution < 1.29 is 4.52 Å². The van der Waals surface area contributed by atoms with Crippen LogP contribution in [0.2, 0.25) is 0 Å². The van der Waals surface area contributed by atoms with E-state index in [0.29, 0.717) is 5.92 Å². The van der Waals surface area contributed by atoms with Crippen LogP contribution in [-0.4, -0.2) is 28.1 Å². The fourth-order valence-corrected chi connectivity index (χ4v) is 4.99.